The molecule has 32 heavy (non-hydrogen) atoms. The highest BCUT2D eigenvalue weighted by molar-refractivity contribution is 6.32. The third-order valence-electron chi connectivity index (χ3n) is 4.36. The SMILES string of the molecule is CC(C)c1cc(F)ccc1Oc1cc(C(F)(F)F)c(Cl)cc1C(=O)Nc1cn[nH]c(=O)c1. The second-order valence-corrected chi connectivity index (χ2v) is 7.46. The van der Waals surface area contributed by atoms with E-state index < -0.39 is 39.8 Å². The van der Waals surface area contributed by atoms with Crippen LogP contribution in [-0.4, -0.2) is 16.1 Å². The van der Waals surface area contributed by atoms with Gasteiger partial charge in [0.25, 0.3) is 11.5 Å². The highest BCUT2D eigenvalue weighted by Crippen LogP contribution is 2.41. The van der Waals surface area contributed by atoms with Crippen LogP contribution in [-0.2, 0) is 6.18 Å². The third-order valence-corrected chi connectivity index (χ3v) is 4.67. The summed E-state index contributed by atoms with van der Waals surface area (Å²) in [5.41, 5.74) is -1.75. The first-order valence-corrected chi connectivity index (χ1v) is 9.57. The number of aromatic amines is 1. The maximum Gasteiger partial charge on any atom is 0.417 e. The van der Waals surface area contributed by atoms with E-state index in [1.807, 2.05) is 0 Å². The normalized spacial score (nSPS) is 11.5. The Hall–Kier alpha value is -3.40. The molecule has 168 valence electrons. The topological polar surface area (TPSA) is 84.1 Å². The molecule has 0 radical (unpaired) electrons. The smallest absolute Gasteiger partial charge is 0.417 e. The molecule has 1 amide bonds. The molecule has 6 nitrogen and oxygen atoms in total. The van der Waals surface area contributed by atoms with Gasteiger partial charge in [0.2, 0.25) is 0 Å². The largest absolute Gasteiger partial charge is 0.456 e. The van der Waals surface area contributed by atoms with Gasteiger partial charge in [0.1, 0.15) is 17.3 Å². The van der Waals surface area contributed by atoms with E-state index in [0.717, 1.165) is 24.4 Å². The summed E-state index contributed by atoms with van der Waals surface area (Å²) in [5, 5.41) is 7.29. The molecule has 0 saturated heterocycles. The lowest BCUT2D eigenvalue weighted by Gasteiger charge is -2.18. The van der Waals surface area contributed by atoms with Crippen LogP contribution in [0.1, 0.15) is 41.3 Å². The van der Waals surface area contributed by atoms with Crippen LogP contribution in [0.15, 0.2) is 47.4 Å². The molecule has 0 aliphatic rings. The fourth-order valence-electron chi connectivity index (χ4n) is 2.86. The molecule has 0 aliphatic heterocycles. The Balaban J connectivity index is 2.10. The summed E-state index contributed by atoms with van der Waals surface area (Å²) in [5.74, 6) is -2.05. The van der Waals surface area contributed by atoms with E-state index in [-0.39, 0.29) is 22.9 Å². The molecule has 1 heterocycles. The van der Waals surface area contributed by atoms with Gasteiger partial charge >= 0.3 is 6.18 Å². The van der Waals surface area contributed by atoms with E-state index in [1.54, 1.807) is 13.8 Å². The van der Waals surface area contributed by atoms with E-state index in [2.05, 4.69) is 15.5 Å². The number of benzene rings is 2. The van der Waals surface area contributed by atoms with Crippen molar-refractivity contribution < 1.29 is 27.1 Å². The Morgan fingerprint density at radius 2 is 1.88 bits per heavy atom. The number of halogens is 5. The number of carbonyl (C=O) groups excluding carboxylic acids is 1. The Kier molecular flexibility index (Phi) is 6.54. The molecule has 0 atom stereocenters. The third kappa shape index (κ3) is 5.25. The van der Waals surface area contributed by atoms with Crippen LogP contribution in [0.4, 0.5) is 23.2 Å². The number of hydrogen-bond acceptors (Lipinski definition) is 4. The van der Waals surface area contributed by atoms with Crippen LogP contribution in [0.2, 0.25) is 5.02 Å². The minimum Gasteiger partial charge on any atom is -0.456 e. The number of hydrogen-bond donors (Lipinski definition) is 2. The second kappa shape index (κ2) is 8.99. The van der Waals surface area contributed by atoms with Gasteiger partial charge in [-0.15, -0.1) is 0 Å². The first kappa shape index (κ1) is 23.3. The number of ether oxygens (including phenoxy) is 1. The molecule has 0 fully saturated rings. The van der Waals surface area contributed by atoms with Crippen molar-refractivity contribution in [2.24, 2.45) is 0 Å². The van der Waals surface area contributed by atoms with Gasteiger partial charge in [-0.2, -0.15) is 18.3 Å². The van der Waals surface area contributed by atoms with Crippen molar-refractivity contribution in [3.8, 4) is 11.5 Å². The average molecular weight is 470 g/mol. The van der Waals surface area contributed by atoms with Gasteiger partial charge in [-0.05, 0) is 36.2 Å². The number of alkyl halides is 3. The summed E-state index contributed by atoms with van der Waals surface area (Å²) in [7, 11) is 0. The van der Waals surface area contributed by atoms with Crippen molar-refractivity contribution in [1.82, 2.24) is 10.2 Å². The Morgan fingerprint density at radius 1 is 1.16 bits per heavy atom. The number of nitrogens with one attached hydrogen (secondary N) is 2. The molecule has 2 N–H and O–H groups in total. The first-order valence-electron chi connectivity index (χ1n) is 9.20. The highest BCUT2D eigenvalue weighted by atomic mass is 35.5. The molecule has 0 unspecified atom stereocenters. The van der Waals surface area contributed by atoms with E-state index in [1.165, 1.54) is 12.1 Å². The van der Waals surface area contributed by atoms with Crippen LogP contribution in [0.25, 0.3) is 0 Å². The Labute approximate surface area is 184 Å². The van der Waals surface area contributed by atoms with Crippen molar-refractivity contribution in [2.45, 2.75) is 25.9 Å². The predicted octanol–water partition coefficient (Wildman–Crippen LogP) is 5.75. The van der Waals surface area contributed by atoms with Gasteiger partial charge in [-0.1, -0.05) is 25.4 Å². The van der Waals surface area contributed by atoms with Gasteiger partial charge in [0, 0.05) is 11.6 Å². The number of amides is 1. The zero-order chi connectivity index (χ0) is 23.6. The van der Waals surface area contributed by atoms with Gasteiger partial charge in [0.15, 0.2) is 0 Å². The number of nitrogens with zero attached hydrogens (tertiary/aromatic N) is 1. The van der Waals surface area contributed by atoms with E-state index in [9.17, 15) is 27.2 Å². The summed E-state index contributed by atoms with van der Waals surface area (Å²) in [6, 6.07) is 5.99. The zero-order valence-corrected chi connectivity index (χ0v) is 17.4. The fraction of sp³-hybridized carbons (Fsp3) is 0.190. The van der Waals surface area contributed by atoms with Crippen LogP contribution in [0.3, 0.4) is 0 Å². The number of aromatic nitrogens is 2. The van der Waals surface area contributed by atoms with Crippen LogP contribution in [0.5, 0.6) is 11.5 Å². The van der Waals surface area contributed by atoms with Crippen LogP contribution >= 0.6 is 11.6 Å². The van der Waals surface area contributed by atoms with Crippen LogP contribution < -0.4 is 15.6 Å². The van der Waals surface area contributed by atoms with Crippen molar-refractivity contribution in [2.75, 3.05) is 5.32 Å². The predicted molar refractivity (Wildman–Crippen MR) is 110 cm³/mol. The standard InChI is InChI=1S/C21H16ClF4N3O3/c1-10(2)13-5-11(23)3-4-17(13)32-18-8-15(21(24,25)26)16(22)7-14(18)20(31)28-12-6-19(30)29-27-9-12/h3-10H,1-2H3,(H2,28,29,30,31). The molecular weight excluding hydrogens is 454 g/mol. The Bertz CT molecular complexity index is 1230. The average Bonchev–Trinajstić information content (AvgIpc) is 2.69. The lowest BCUT2D eigenvalue weighted by molar-refractivity contribution is -0.137. The summed E-state index contributed by atoms with van der Waals surface area (Å²) >= 11 is 5.79. The van der Waals surface area contributed by atoms with Gasteiger partial charge in [-0.3, -0.25) is 9.59 Å². The maximum absolute atomic E-state index is 13.7. The molecule has 3 rings (SSSR count). The molecular formula is C21H16ClF4N3O3. The second-order valence-electron chi connectivity index (χ2n) is 7.05. The molecule has 2 aromatic carbocycles. The highest BCUT2D eigenvalue weighted by Gasteiger charge is 2.35. The maximum atomic E-state index is 13.7. The van der Waals surface area contributed by atoms with Gasteiger partial charge in [-0.25, -0.2) is 9.49 Å². The number of rotatable bonds is 5. The van der Waals surface area contributed by atoms with Crippen molar-refractivity contribution in [1.29, 1.82) is 0 Å². The molecule has 0 spiro atoms. The molecule has 0 saturated carbocycles. The number of anilines is 1. The van der Waals surface area contributed by atoms with Crippen molar-refractivity contribution in [3.05, 3.63) is 80.5 Å². The fourth-order valence-corrected chi connectivity index (χ4v) is 3.13. The van der Waals surface area contributed by atoms with E-state index >= 15 is 0 Å². The number of carbonyl (C=O) groups is 1. The Morgan fingerprint density at radius 3 is 2.50 bits per heavy atom. The van der Waals surface area contributed by atoms with Crippen LogP contribution in [0, 0.1) is 5.82 Å². The lowest BCUT2D eigenvalue weighted by Crippen LogP contribution is -2.17. The molecule has 3 aromatic rings. The van der Waals surface area contributed by atoms with Crippen molar-refractivity contribution in [3.63, 3.8) is 0 Å². The van der Waals surface area contributed by atoms with E-state index in [0.29, 0.717) is 11.6 Å². The first-order chi connectivity index (χ1) is 15.0. The molecule has 1 aromatic heterocycles. The summed E-state index contributed by atoms with van der Waals surface area (Å²) in [4.78, 5) is 24.2. The molecule has 0 bridgehead atoms. The number of H-pyrrole nitrogens is 1. The summed E-state index contributed by atoms with van der Waals surface area (Å²) in [6.45, 7) is 3.50. The zero-order valence-electron chi connectivity index (χ0n) is 16.7. The molecule has 11 heteroatoms. The quantitative estimate of drug-likeness (QED) is 0.466. The van der Waals surface area contributed by atoms with Gasteiger partial charge in [0.05, 0.1) is 28.0 Å². The summed E-state index contributed by atoms with van der Waals surface area (Å²) in [6.07, 6.45) is -3.67. The van der Waals surface area contributed by atoms with Gasteiger partial charge < -0.3 is 10.1 Å². The monoisotopic (exact) mass is 469 g/mol. The van der Waals surface area contributed by atoms with Crippen molar-refractivity contribution >= 4 is 23.2 Å². The summed E-state index contributed by atoms with van der Waals surface area (Å²) < 4.78 is 59.6. The minimum atomic E-state index is -4.81. The lowest BCUT2D eigenvalue weighted by atomic mass is 10.0. The minimum absolute atomic E-state index is 0.00497. The van der Waals surface area contributed by atoms with E-state index in [4.69, 9.17) is 16.3 Å². The molecule has 0 aliphatic carbocycles.